The van der Waals surface area contributed by atoms with Gasteiger partial charge in [-0.3, -0.25) is 0 Å². The first-order valence-electron chi connectivity index (χ1n) is 9.05. The van der Waals surface area contributed by atoms with Crippen molar-refractivity contribution in [2.75, 3.05) is 12.3 Å². The highest BCUT2D eigenvalue weighted by atomic mass is 16.3. The van der Waals surface area contributed by atoms with E-state index in [-0.39, 0.29) is 6.61 Å². The van der Waals surface area contributed by atoms with Gasteiger partial charge in [0.15, 0.2) is 5.82 Å². The van der Waals surface area contributed by atoms with Gasteiger partial charge in [-0.2, -0.15) is 9.67 Å². The molecular weight excluding hydrogens is 338 g/mol. The van der Waals surface area contributed by atoms with E-state index in [1.165, 1.54) is 16.7 Å². The van der Waals surface area contributed by atoms with Crippen molar-refractivity contribution in [2.45, 2.75) is 19.9 Å². The van der Waals surface area contributed by atoms with Crippen LogP contribution in [0.4, 0.5) is 11.5 Å². The largest absolute Gasteiger partial charge is 0.394 e. The molecule has 0 atom stereocenters. The van der Waals surface area contributed by atoms with E-state index in [2.05, 4.69) is 46.9 Å². The van der Waals surface area contributed by atoms with E-state index < -0.39 is 0 Å². The summed E-state index contributed by atoms with van der Waals surface area (Å²) in [6.07, 6.45) is 4.51. The number of aliphatic hydroxyl groups is 1. The van der Waals surface area contributed by atoms with Crippen LogP contribution in [0.25, 0.3) is 5.57 Å². The molecule has 0 fully saturated rings. The van der Waals surface area contributed by atoms with Crippen molar-refractivity contribution in [1.82, 2.24) is 9.78 Å². The van der Waals surface area contributed by atoms with Crippen LogP contribution in [0, 0.1) is 0 Å². The van der Waals surface area contributed by atoms with Crippen molar-refractivity contribution in [2.24, 2.45) is 4.99 Å². The van der Waals surface area contributed by atoms with E-state index in [0.29, 0.717) is 18.1 Å². The fourth-order valence-corrected chi connectivity index (χ4v) is 3.48. The Balaban J connectivity index is 1.91. The summed E-state index contributed by atoms with van der Waals surface area (Å²) in [4.78, 5) is 4.86. The normalized spacial score (nSPS) is 14.8. The molecule has 0 aliphatic carbocycles. The summed E-state index contributed by atoms with van der Waals surface area (Å²) in [6, 6.07) is 16.5. The van der Waals surface area contributed by atoms with E-state index in [0.717, 1.165) is 18.0 Å². The first kappa shape index (κ1) is 17.2. The van der Waals surface area contributed by atoms with E-state index in [1.807, 2.05) is 24.4 Å². The van der Waals surface area contributed by atoms with Crippen molar-refractivity contribution >= 4 is 22.9 Å². The van der Waals surface area contributed by atoms with Crippen LogP contribution in [0.2, 0.25) is 0 Å². The third-order valence-electron chi connectivity index (χ3n) is 4.73. The highest BCUT2D eigenvalue weighted by molar-refractivity contribution is 6.07. The summed E-state index contributed by atoms with van der Waals surface area (Å²) in [6.45, 7) is 2.47. The number of benzene rings is 1. The first-order valence-corrected chi connectivity index (χ1v) is 9.05. The molecule has 0 radical (unpaired) electrons. The number of nitrogens with zero attached hydrogens (tertiary/aromatic N) is 4. The summed E-state index contributed by atoms with van der Waals surface area (Å²) < 4.78 is 3.67. The monoisotopic (exact) mass is 360 g/mol. The van der Waals surface area contributed by atoms with Crippen LogP contribution >= 0.6 is 0 Å². The van der Waals surface area contributed by atoms with E-state index >= 15 is 0 Å². The zero-order valence-electron chi connectivity index (χ0n) is 15.2. The number of fused-ring (bicyclic) bond motifs is 1. The van der Waals surface area contributed by atoms with Gasteiger partial charge in [-0.1, -0.05) is 43.3 Å². The Morgan fingerprint density at radius 1 is 1.15 bits per heavy atom. The van der Waals surface area contributed by atoms with Crippen LogP contribution in [-0.4, -0.2) is 27.3 Å². The van der Waals surface area contributed by atoms with Gasteiger partial charge in [0.05, 0.1) is 24.9 Å². The van der Waals surface area contributed by atoms with Gasteiger partial charge in [0.2, 0.25) is 5.69 Å². The summed E-state index contributed by atoms with van der Waals surface area (Å²) in [7, 11) is 0. The average Bonchev–Trinajstić information content (AvgIpc) is 3.21. The summed E-state index contributed by atoms with van der Waals surface area (Å²) in [5, 5.41) is 13.4. The molecule has 0 unspecified atom stereocenters. The molecule has 0 saturated heterocycles. The van der Waals surface area contributed by atoms with Crippen molar-refractivity contribution in [3.05, 3.63) is 77.8 Å². The number of rotatable bonds is 5. The Labute approximate surface area is 157 Å². The van der Waals surface area contributed by atoms with Gasteiger partial charge in [0.25, 0.3) is 0 Å². The predicted octanol–water partition coefficient (Wildman–Crippen LogP) is 2.55. The minimum absolute atomic E-state index is 0.0161. The zero-order valence-corrected chi connectivity index (χ0v) is 15.2. The molecule has 1 aliphatic heterocycles. The quantitative estimate of drug-likeness (QED) is 0.686. The molecule has 6 heteroatoms. The number of hydrogen-bond acceptors (Lipinski definition) is 4. The Morgan fingerprint density at radius 3 is 2.67 bits per heavy atom. The van der Waals surface area contributed by atoms with Crippen molar-refractivity contribution in [1.29, 1.82) is 0 Å². The maximum Gasteiger partial charge on any atom is 0.332 e. The maximum atomic E-state index is 9.14. The number of pyridine rings is 1. The van der Waals surface area contributed by atoms with Crippen molar-refractivity contribution in [3.63, 3.8) is 0 Å². The molecule has 2 aromatic heterocycles. The van der Waals surface area contributed by atoms with Gasteiger partial charge >= 0.3 is 5.84 Å². The van der Waals surface area contributed by atoms with Crippen LogP contribution in [0.15, 0.2) is 71.5 Å². The van der Waals surface area contributed by atoms with E-state index in [9.17, 15) is 0 Å². The van der Waals surface area contributed by atoms with Gasteiger partial charge in [0, 0.05) is 5.57 Å². The molecule has 0 amide bonds. The summed E-state index contributed by atoms with van der Waals surface area (Å²) in [5.74, 6) is 1.32. The van der Waals surface area contributed by atoms with E-state index in [1.54, 1.807) is 10.9 Å². The highest BCUT2D eigenvalue weighted by Gasteiger charge is 2.34. The minimum Gasteiger partial charge on any atom is -0.394 e. The highest BCUT2D eigenvalue weighted by Crippen LogP contribution is 2.32. The van der Waals surface area contributed by atoms with Gasteiger partial charge in [-0.15, -0.1) is 0 Å². The number of aliphatic imine (C=N–C) groups is 1. The number of aromatic nitrogens is 3. The number of nitrogen functional groups attached to an aromatic ring is 1. The summed E-state index contributed by atoms with van der Waals surface area (Å²) >= 11 is 0. The Kier molecular flexibility index (Phi) is 4.56. The maximum absolute atomic E-state index is 9.14. The standard InChI is InChI=1S/C21H21N5O/c1-2-16-19(15-8-4-3-5-9-15)18-10-6-7-11-25(18)21(16)24-17-14-23-26(12-13-27)20(17)22/h3-11,14,22,27H,2,12-13H2,1H3/p+1. The van der Waals surface area contributed by atoms with Crippen molar-refractivity contribution in [3.8, 4) is 0 Å². The Hall–Kier alpha value is -3.25. The van der Waals surface area contributed by atoms with Gasteiger partial charge in [-0.25, -0.2) is 4.68 Å². The first-order chi connectivity index (χ1) is 13.2. The predicted molar refractivity (Wildman–Crippen MR) is 106 cm³/mol. The van der Waals surface area contributed by atoms with Gasteiger partial charge in [-0.05, 0) is 29.1 Å². The molecule has 0 saturated carbocycles. The second kappa shape index (κ2) is 7.17. The second-order valence-electron chi connectivity index (χ2n) is 6.33. The SMILES string of the molecule is CCC1=C(c2ccccc2)c2cccc[n+]2/C1=N\c1cnn(CCO)c1N. The molecule has 3 heterocycles. The molecular formula is C21H22N5O+. The molecule has 1 aliphatic rings. The van der Waals surface area contributed by atoms with Crippen molar-refractivity contribution < 1.29 is 9.67 Å². The van der Waals surface area contributed by atoms with Gasteiger partial charge < -0.3 is 10.8 Å². The third-order valence-corrected chi connectivity index (χ3v) is 4.73. The van der Waals surface area contributed by atoms with E-state index in [4.69, 9.17) is 15.8 Å². The van der Waals surface area contributed by atoms with Crippen LogP contribution in [-0.2, 0) is 6.54 Å². The fraction of sp³-hybridized carbons (Fsp3) is 0.190. The lowest BCUT2D eigenvalue weighted by Gasteiger charge is -2.03. The summed E-state index contributed by atoms with van der Waals surface area (Å²) in [5.41, 5.74) is 11.4. The smallest absolute Gasteiger partial charge is 0.332 e. The lowest BCUT2D eigenvalue weighted by molar-refractivity contribution is -0.554. The number of nitrogens with two attached hydrogens (primary N) is 1. The lowest BCUT2D eigenvalue weighted by atomic mass is 9.97. The molecule has 0 bridgehead atoms. The third kappa shape index (κ3) is 2.94. The topological polar surface area (TPSA) is 80.3 Å². The number of anilines is 1. The molecule has 27 heavy (non-hydrogen) atoms. The minimum atomic E-state index is -0.0161. The Morgan fingerprint density at radius 2 is 1.93 bits per heavy atom. The molecule has 6 nitrogen and oxygen atoms in total. The number of aliphatic hydroxyl groups excluding tert-OH is 1. The van der Waals surface area contributed by atoms with Crippen LogP contribution < -0.4 is 10.3 Å². The van der Waals surface area contributed by atoms with Crippen LogP contribution in [0.1, 0.15) is 24.6 Å². The molecule has 4 rings (SSSR count). The number of hydrogen-bond donors (Lipinski definition) is 2. The van der Waals surface area contributed by atoms with Crippen LogP contribution in [0.3, 0.4) is 0 Å². The zero-order chi connectivity index (χ0) is 18.8. The van der Waals surface area contributed by atoms with Gasteiger partial charge in [0.1, 0.15) is 11.9 Å². The molecule has 136 valence electrons. The second-order valence-corrected chi connectivity index (χ2v) is 6.33. The molecule has 3 aromatic rings. The number of allylic oxidation sites excluding steroid dienone is 1. The Bertz CT molecular complexity index is 1030. The molecule has 3 N–H and O–H groups in total. The lowest BCUT2D eigenvalue weighted by Crippen LogP contribution is -2.42. The average molecular weight is 360 g/mol. The molecule has 1 aromatic carbocycles. The van der Waals surface area contributed by atoms with Crippen LogP contribution in [0.5, 0.6) is 0 Å². The fourth-order valence-electron chi connectivity index (χ4n) is 3.48. The molecule has 0 spiro atoms.